The van der Waals surface area contributed by atoms with Crippen LogP contribution in [0.15, 0.2) is 18.2 Å². The third-order valence-electron chi connectivity index (χ3n) is 2.82. The number of hydrogen-bond acceptors (Lipinski definition) is 6. The van der Waals surface area contributed by atoms with Gasteiger partial charge in [0.25, 0.3) is 0 Å². The summed E-state index contributed by atoms with van der Waals surface area (Å²) >= 11 is 0. The molecule has 0 aliphatic carbocycles. The molecule has 0 unspecified atom stereocenters. The molecular formula is C14H20N2O6. The highest BCUT2D eigenvalue weighted by Crippen LogP contribution is 2.28. The normalized spacial score (nSPS) is 10.2. The minimum Gasteiger partial charge on any atom is -0.497 e. The molecule has 0 aromatic heterocycles. The van der Waals surface area contributed by atoms with E-state index in [1.807, 2.05) is 0 Å². The van der Waals surface area contributed by atoms with Crippen molar-refractivity contribution in [2.24, 2.45) is 0 Å². The van der Waals surface area contributed by atoms with Gasteiger partial charge >= 0.3 is 11.8 Å². The summed E-state index contributed by atoms with van der Waals surface area (Å²) in [5.41, 5.74) is 0.331. The molecule has 1 aromatic rings. The standard InChI is InChI=1S/C14H20N2O6/c1-19-9-5-6-11(20-2)10(7-9)16-14(18)13(17)15-8-12(21-3)22-4/h5-7,12H,8H2,1-4H3,(H,15,17)(H,16,18). The summed E-state index contributed by atoms with van der Waals surface area (Å²) in [6.45, 7) is 0.0501. The van der Waals surface area contributed by atoms with Gasteiger partial charge in [-0.1, -0.05) is 0 Å². The number of hydrogen-bond donors (Lipinski definition) is 2. The lowest BCUT2D eigenvalue weighted by atomic mass is 10.2. The molecule has 0 bridgehead atoms. The number of amides is 2. The van der Waals surface area contributed by atoms with Crippen LogP contribution >= 0.6 is 0 Å². The molecule has 122 valence electrons. The summed E-state index contributed by atoms with van der Waals surface area (Å²) in [5, 5.41) is 4.86. The van der Waals surface area contributed by atoms with Gasteiger partial charge in [0.1, 0.15) is 11.5 Å². The first-order valence-electron chi connectivity index (χ1n) is 6.42. The van der Waals surface area contributed by atoms with Crippen LogP contribution in [0.25, 0.3) is 0 Å². The Morgan fingerprint density at radius 1 is 1.05 bits per heavy atom. The van der Waals surface area contributed by atoms with Gasteiger partial charge in [0.2, 0.25) is 0 Å². The van der Waals surface area contributed by atoms with Gasteiger partial charge in [-0.15, -0.1) is 0 Å². The van der Waals surface area contributed by atoms with E-state index in [0.717, 1.165) is 0 Å². The van der Waals surface area contributed by atoms with Gasteiger partial charge in [-0.3, -0.25) is 9.59 Å². The van der Waals surface area contributed by atoms with Crippen molar-refractivity contribution >= 4 is 17.5 Å². The van der Waals surface area contributed by atoms with Crippen LogP contribution in [0.4, 0.5) is 5.69 Å². The molecule has 0 spiro atoms. The Morgan fingerprint density at radius 3 is 2.27 bits per heavy atom. The van der Waals surface area contributed by atoms with Crippen LogP contribution in [0, 0.1) is 0 Å². The van der Waals surface area contributed by atoms with Gasteiger partial charge in [0.15, 0.2) is 6.29 Å². The molecule has 0 fully saturated rings. The molecule has 1 rings (SSSR count). The first-order valence-corrected chi connectivity index (χ1v) is 6.42. The number of ether oxygens (including phenoxy) is 4. The van der Waals surface area contributed by atoms with E-state index in [4.69, 9.17) is 18.9 Å². The number of rotatable bonds is 7. The van der Waals surface area contributed by atoms with Gasteiger partial charge in [0, 0.05) is 20.3 Å². The van der Waals surface area contributed by atoms with E-state index >= 15 is 0 Å². The van der Waals surface area contributed by atoms with E-state index in [0.29, 0.717) is 17.2 Å². The second-order valence-electron chi connectivity index (χ2n) is 4.13. The summed E-state index contributed by atoms with van der Waals surface area (Å²) in [6.07, 6.45) is -0.622. The minimum atomic E-state index is -0.836. The summed E-state index contributed by atoms with van der Waals surface area (Å²) in [7, 11) is 5.82. The molecule has 1 aromatic carbocycles. The average Bonchev–Trinajstić information content (AvgIpc) is 2.55. The molecule has 2 N–H and O–H groups in total. The number of anilines is 1. The van der Waals surface area contributed by atoms with E-state index in [1.165, 1.54) is 28.4 Å². The maximum atomic E-state index is 11.9. The fraction of sp³-hybridized carbons (Fsp3) is 0.429. The van der Waals surface area contributed by atoms with Crippen LogP contribution < -0.4 is 20.1 Å². The molecule has 2 amide bonds. The first-order chi connectivity index (χ1) is 10.5. The quantitative estimate of drug-likeness (QED) is 0.558. The molecule has 0 saturated carbocycles. The van der Waals surface area contributed by atoms with Crippen molar-refractivity contribution in [3.63, 3.8) is 0 Å². The molecule has 0 atom stereocenters. The number of methoxy groups -OCH3 is 4. The van der Waals surface area contributed by atoms with E-state index in [1.54, 1.807) is 18.2 Å². The van der Waals surface area contributed by atoms with Crippen LogP contribution in [0.2, 0.25) is 0 Å². The molecule has 8 nitrogen and oxygen atoms in total. The Kier molecular flexibility index (Phi) is 7.14. The highest BCUT2D eigenvalue weighted by Gasteiger charge is 2.17. The largest absolute Gasteiger partial charge is 0.497 e. The smallest absolute Gasteiger partial charge is 0.313 e. The number of carbonyl (C=O) groups is 2. The fourth-order valence-corrected chi connectivity index (χ4v) is 1.61. The monoisotopic (exact) mass is 312 g/mol. The minimum absolute atomic E-state index is 0.0501. The molecule has 0 aliphatic heterocycles. The summed E-state index contributed by atoms with van der Waals surface area (Å²) in [6, 6.07) is 4.85. The van der Waals surface area contributed by atoms with Crippen molar-refractivity contribution in [2.45, 2.75) is 6.29 Å². The van der Waals surface area contributed by atoms with E-state index in [-0.39, 0.29) is 6.54 Å². The lowest BCUT2D eigenvalue weighted by molar-refractivity contribution is -0.139. The van der Waals surface area contributed by atoms with Crippen molar-refractivity contribution in [3.8, 4) is 11.5 Å². The molecule has 0 heterocycles. The molecule has 0 saturated heterocycles. The fourth-order valence-electron chi connectivity index (χ4n) is 1.61. The van der Waals surface area contributed by atoms with Gasteiger partial charge in [-0.05, 0) is 12.1 Å². The molecule has 0 aliphatic rings. The lowest BCUT2D eigenvalue weighted by Gasteiger charge is -2.14. The van der Waals surface area contributed by atoms with Gasteiger partial charge in [-0.2, -0.15) is 0 Å². The Morgan fingerprint density at radius 2 is 1.73 bits per heavy atom. The number of nitrogens with one attached hydrogen (secondary N) is 2. The molecule has 8 heteroatoms. The Balaban J connectivity index is 2.69. The highest BCUT2D eigenvalue weighted by atomic mass is 16.7. The maximum absolute atomic E-state index is 11.9. The Bertz CT molecular complexity index is 516. The van der Waals surface area contributed by atoms with Crippen LogP contribution in [-0.4, -0.2) is 53.1 Å². The Hall–Kier alpha value is -2.32. The average molecular weight is 312 g/mol. The lowest BCUT2D eigenvalue weighted by Crippen LogP contribution is -2.40. The third-order valence-corrected chi connectivity index (χ3v) is 2.82. The van der Waals surface area contributed by atoms with Crippen LogP contribution in [0.1, 0.15) is 0 Å². The van der Waals surface area contributed by atoms with Crippen LogP contribution in [0.3, 0.4) is 0 Å². The number of benzene rings is 1. The van der Waals surface area contributed by atoms with Gasteiger partial charge in [-0.25, -0.2) is 0 Å². The zero-order chi connectivity index (χ0) is 16.5. The summed E-state index contributed by atoms with van der Waals surface area (Å²) < 4.78 is 20.0. The van der Waals surface area contributed by atoms with Crippen molar-refractivity contribution in [1.29, 1.82) is 0 Å². The van der Waals surface area contributed by atoms with Gasteiger partial charge < -0.3 is 29.6 Å². The first kappa shape index (κ1) is 17.7. The predicted molar refractivity (Wildman–Crippen MR) is 79.0 cm³/mol. The number of carbonyl (C=O) groups excluding carboxylic acids is 2. The Labute approximate surface area is 128 Å². The van der Waals surface area contributed by atoms with Crippen molar-refractivity contribution < 1.29 is 28.5 Å². The molecular weight excluding hydrogens is 292 g/mol. The van der Waals surface area contributed by atoms with E-state index < -0.39 is 18.1 Å². The second kappa shape index (κ2) is 8.85. The van der Waals surface area contributed by atoms with Crippen molar-refractivity contribution in [3.05, 3.63) is 18.2 Å². The molecule has 22 heavy (non-hydrogen) atoms. The summed E-state index contributed by atoms with van der Waals surface area (Å²) in [4.78, 5) is 23.6. The van der Waals surface area contributed by atoms with Crippen molar-refractivity contribution in [1.82, 2.24) is 5.32 Å². The van der Waals surface area contributed by atoms with Crippen LogP contribution in [-0.2, 0) is 19.1 Å². The second-order valence-corrected chi connectivity index (χ2v) is 4.13. The summed E-state index contributed by atoms with van der Waals surface area (Å²) in [5.74, 6) is -0.717. The highest BCUT2D eigenvalue weighted by molar-refractivity contribution is 6.39. The maximum Gasteiger partial charge on any atom is 0.313 e. The van der Waals surface area contributed by atoms with Gasteiger partial charge in [0.05, 0.1) is 26.5 Å². The third kappa shape index (κ3) is 4.90. The zero-order valence-corrected chi connectivity index (χ0v) is 13.0. The van der Waals surface area contributed by atoms with E-state index in [2.05, 4.69) is 10.6 Å². The van der Waals surface area contributed by atoms with E-state index in [9.17, 15) is 9.59 Å². The van der Waals surface area contributed by atoms with Crippen LogP contribution in [0.5, 0.6) is 11.5 Å². The SMILES string of the molecule is COc1ccc(OC)c(NC(=O)C(=O)NCC(OC)OC)c1. The molecule has 0 radical (unpaired) electrons. The zero-order valence-electron chi connectivity index (χ0n) is 13.0. The topological polar surface area (TPSA) is 95.1 Å². The van der Waals surface area contributed by atoms with Crippen molar-refractivity contribution in [2.75, 3.05) is 40.3 Å². The predicted octanol–water partition coefficient (Wildman–Crippen LogP) is 0.377.